The van der Waals surface area contributed by atoms with Crippen molar-refractivity contribution in [3.05, 3.63) is 54.1 Å². The summed E-state index contributed by atoms with van der Waals surface area (Å²) in [5.74, 6) is -0.688. The summed E-state index contributed by atoms with van der Waals surface area (Å²) < 4.78 is 40.6. The first-order chi connectivity index (χ1) is 15.7. The van der Waals surface area contributed by atoms with Crippen LogP contribution in [0.2, 0.25) is 0 Å². The number of likely N-dealkylation sites (tertiary alicyclic amines) is 1. The van der Waals surface area contributed by atoms with E-state index in [-0.39, 0.29) is 43.0 Å². The van der Waals surface area contributed by atoms with Gasteiger partial charge in [-0.25, -0.2) is 4.79 Å². The lowest BCUT2D eigenvalue weighted by molar-refractivity contribution is -0.274. The van der Waals surface area contributed by atoms with Gasteiger partial charge in [0, 0.05) is 24.5 Å². The molecule has 2 aromatic carbocycles. The van der Waals surface area contributed by atoms with Crippen LogP contribution in [-0.4, -0.2) is 41.8 Å². The van der Waals surface area contributed by atoms with E-state index in [0.29, 0.717) is 11.4 Å². The summed E-state index contributed by atoms with van der Waals surface area (Å²) in [6.45, 7) is 6.84. The zero-order valence-corrected chi connectivity index (χ0v) is 19.3. The highest BCUT2D eigenvalue weighted by atomic mass is 19.4. The van der Waals surface area contributed by atoms with Crippen LogP contribution < -0.4 is 21.1 Å². The van der Waals surface area contributed by atoms with Gasteiger partial charge in [-0.2, -0.15) is 0 Å². The maximum atomic E-state index is 12.8. The fraction of sp³-hybridized carbons (Fsp3) is 0.417. The number of alkyl halides is 3. The number of carbonyl (C=O) groups excluding carboxylic acids is 2. The average Bonchev–Trinajstić information content (AvgIpc) is 2.74. The molecule has 0 spiro atoms. The van der Waals surface area contributed by atoms with Crippen molar-refractivity contribution >= 4 is 23.3 Å². The van der Waals surface area contributed by atoms with Crippen molar-refractivity contribution in [1.82, 2.24) is 4.90 Å². The van der Waals surface area contributed by atoms with Crippen molar-refractivity contribution < 1.29 is 27.5 Å². The number of benzene rings is 2. The summed E-state index contributed by atoms with van der Waals surface area (Å²) in [4.78, 5) is 26.9. The van der Waals surface area contributed by atoms with Crippen LogP contribution in [0.15, 0.2) is 48.5 Å². The number of carbonyl (C=O) groups is 2. The fourth-order valence-corrected chi connectivity index (χ4v) is 3.59. The Kier molecular flexibility index (Phi) is 7.11. The Hall–Kier alpha value is -3.27. The maximum absolute atomic E-state index is 12.8. The molecular formula is C24H29F3N4O3. The first-order valence-electron chi connectivity index (χ1n) is 10.9. The molecule has 4 N–H and O–H groups in total. The molecule has 0 aromatic heterocycles. The Labute approximate surface area is 196 Å². The molecule has 0 bridgehead atoms. The summed E-state index contributed by atoms with van der Waals surface area (Å²) in [6, 6.07) is 12.0. The van der Waals surface area contributed by atoms with Gasteiger partial charge in [-0.3, -0.25) is 4.79 Å². The van der Waals surface area contributed by atoms with Crippen molar-refractivity contribution in [2.24, 2.45) is 5.73 Å². The van der Waals surface area contributed by atoms with E-state index in [4.69, 9.17) is 5.73 Å². The molecule has 1 aliphatic heterocycles. The monoisotopic (exact) mass is 478 g/mol. The minimum absolute atomic E-state index is 0.00388. The van der Waals surface area contributed by atoms with E-state index >= 15 is 0 Å². The number of nitrogens with zero attached hydrogens (tertiary/aromatic N) is 1. The zero-order chi connectivity index (χ0) is 25.1. The first-order valence-corrected chi connectivity index (χ1v) is 10.9. The van der Waals surface area contributed by atoms with Gasteiger partial charge in [0.05, 0.1) is 5.54 Å². The number of nitrogens with two attached hydrogens (primary N) is 1. The van der Waals surface area contributed by atoms with E-state index < -0.39 is 17.9 Å². The number of hydrogen-bond donors (Lipinski definition) is 3. The van der Waals surface area contributed by atoms with Gasteiger partial charge in [0.2, 0.25) is 5.91 Å². The largest absolute Gasteiger partial charge is 0.573 e. The zero-order valence-electron chi connectivity index (χ0n) is 19.3. The molecule has 0 radical (unpaired) electrons. The molecule has 3 rings (SSSR count). The normalized spacial score (nSPS) is 16.0. The summed E-state index contributed by atoms with van der Waals surface area (Å²) in [5, 5.41) is 5.49. The van der Waals surface area contributed by atoms with E-state index in [0.717, 1.165) is 17.7 Å². The van der Waals surface area contributed by atoms with Gasteiger partial charge < -0.3 is 26.0 Å². The van der Waals surface area contributed by atoms with E-state index in [1.165, 1.54) is 17.0 Å². The number of anilines is 2. The maximum Gasteiger partial charge on any atom is 0.573 e. The van der Waals surface area contributed by atoms with Crippen LogP contribution in [0.1, 0.15) is 39.2 Å². The highest BCUT2D eigenvalue weighted by molar-refractivity contribution is 5.98. The SMILES string of the molecule is CC(C)(C)c1ccc(NC(=O)C2(N)CCN(C(=O)Nc3ccc(OC(F)(F)F)cc3)CC2)cc1. The predicted octanol–water partition coefficient (Wildman–Crippen LogP) is 4.85. The number of rotatable bonds is 4. The standard InChI is InChI=1S/C24H29F3N4O3/c1-22(2,3)16-4-6-17(7-5-16)29-20(32)23(28)12-14-31(15-13-23)21(33)30-18-8-10-19(11-9-18)34-24(25,26)27/h4-11H,12-15,28H2,1-3H3,(H,29,32)(H,30,33). The van der Waals surface area contributed by atoms with Crippen LogP contribution in [0.25, 0.3) is 0 Å². The van der Waals surface area contributed by atoms with Crippen LogP contribution in [-0.2, 0) is 10.2 Å². The van der Waals surface area contributed by atoms with Crippen molar-refractivity contribution in [2.45, 2.75) is 50.9 Å². The minimum Gasteiger partial charge on any atom is -0.406 e. The second-order valence-electron chi connectivity index (χ2n) is 9.43. The number of ether oxygens (including phenoxy) is 1. The highest BCUT2D eigenvalue weighted by Gasteiger charge is 2.39. The van der Waals surface area contributed by atoms with E-state index in [9.17, 15) is 22.8 Å². The van der Waals surface area contributed by atoms with Crippen molar-refractivity contribution in [3.8, 4) is 5.75 Å². The lowest BCUT2D eigenvalue weighted by atomic mass is 9.86. The summed E-state index contributed by atoms with van der Waals surface area (Å²) >= 11 is 0. The molecule has 1 saturated heterocycles. The number of hydrogen-bond acceptors (Lipinski definition) is 4. The molecule has 184 valence electrons. The smallest absolute Gasteiger partial charge is 0.406 e. The Morgan fingerprint density at radius 1 is 0.912 bits per heavy atom. The topological polar surface area (TPSA) is 96.7 Å². The van der Waals surface area contributed by atoms with Crippen LogP contribution in [0.3, 0.4) is 0 Å². The quantitative estimate of drug-likeness (QED) is 0.586. The van der Waals surface area contributed by atoms with Crippen molar-refractivity contribution in [3.63, 3.8) is 0 Å². The summed E-state index contributed by atoms with van der Waals surface area (Å²) in [5.41, 5.74) is 7.37. The average molecular weight is 479 g/mol. The van der Waals surface area contributed by atoms with Gasteiger partial charge in [-0.15, -0.1) is 13.2 Å². The number of nitrogens with one attached hydrogen (secondary N) is 2. The Morgan fingerprint density at radius 2 is 1.41 bits per heavy atom. The molecule has 7 nitrogen and oxygen atoms in total. The van der Waals surface area contributed by atoms with Crippen LogP contribution in [0, 0.1) is 0 Å². The predicted molar refractivity (Wildman–Crippen MR) is 124 cm³/mol. The van der Waals surface area contributed by atoms with Crippen LogP contribution in [0.4, 0.5) is 29.3 Å². The van der Waals surface area contributed by atoms with Crippen molar-refractivity contribution in [2.75, 3.05) is 23.7 Å². The fourth-order valence-electron chi connectivity index (χ4n) is 3.59. The summed E-state index contributed by atoms with van der Waals surface area (Å²) in [7, 11) is 0. The third kappa shape index (κ3) is 6.63. The van der Waals surface area contributed by atoms with E-state index in [1.54, 1.807) is 0 Å². The number of piperidine rings is 1. The molecule has 0 aliphatic carbocycles. The van der Waals surface area contributed by atoms with Crippen molar-refractivity contribution in [1.29, 1.82) is 0 Å². The van der Waals surface area contributed by atoms with Crippen LogP contribution in [0.5, 0.6) is 5.75 Å². The molecule has 2 aromatic rings. The molecule has 1 heterocycles. The van der Waals surface area contributed by atoms with Gasteiger partial charge in [0.1, 0.15) is 5.75 Å². The third-order valence-electron chi connectivity index (χ3n) is 5.74. The molecule has 1 aliphatic rings. The van der Waals surface area contributed by atoms with Gasteiger partial charge >= 0.3 is 12.4 Å². The molecule has 3 amide bonds. The van der Waals surface area contributed by atoms with Crippen LogP contribution >= 0.6 is 0 Å². The Balaban J connectivity index is 1.52. The molecule has 0 saturated carbocycles. The second-order valence-corrected chi connectivity index (χ2v) is 9.43. The molecule has 0 unspecified atom stereocenters. The first kappa shape index (κ1) is 25.4. The highest BCUT2D eigenvalue weighted by Crippen LogP contribution is 2.27. The van der Waals surface area contributed by atoms with Gasteiger partial charge in [0.15, 0.2) is 0 Å². The minimum atomic E-state index is -4.78. The van der Waals surface area contributed by atoms with E-state index in [1.807, 2.05) is 24.3 Å². The third-order valence-corrected chi connectivity index (χ3v) is 5.74. The molecule has 34 heavy (non-hydrogen) atoms. The van der Waals surface area contributed by atoms with Gasteiger partial charge in [-0.05, 0) is 60.2 Å². The second kappa shape index (κ2) is 9.54. The number of amides is 3. The summed E-state index contributed by atoms with van der Waals surface area (Å²) in [6.07, 6.45) is -4.25. The lowest BCUT2D eigenvalue weighted by Crippen LogP contribution is -2.58. The number of urea groups is 1. The molecule has 1 fully saturated rings. The molecular weight excluding hydrogens is 449 g/mol. The lowest BCUT2D eigenvalue weighted by Gasteiger charge is -2.38. The van der Waals surface area contributed by atoms with Gasteiger partial charge in [0.25, 0.3) is 0 Å². The van der Waals surface area contributed by atoms with E-state index in [2.05, 4.69) is 36.1 Å². The Morgan fingerprint density at radius 3 is 1.91 bits per heavy atom. The number of halogens is 3. The van der Waals surface area contributed by atoms with Gasteiger partial charge in [-0.1, -0.05) is 32.9 Å². The Bertz CT molecular complexity index is 1010. The molecule has 0 atom stereocenters. The molecule has 10 heteroatoms.